The van der Waals surface area contributed by atoms with E-state index in [1.54, 1.807) is 35.9 Å². The third-order valence-electron chi connectivity index (χ3n) is 3.63. The number of methoxy groups -OCH3 is 1. The summed E-state index contributed by atoms with van der Waals surface area (Å²) >= 11 is 0. The molecule has 0 saturated heterocycles. The molecule has 0 unspecified atom stereocenters. The number of hydrogen-bond acceptors (Lipinski definition) is 4. The lowest BCUT2D eigenvalue weighted by atomic mass is 10.1. The van der Waals surface area contributed by atoms with Crippen LogP contribution in [0.2, 0.25) is 0 Å². The van der Waals surface area contributed by atoms with Crippen molar-refractivity contribution in [1.29, 1.82) is 5.41 Å². The van der Waals surface area contributed by atoms with E-state index in [2.05, 4.69) is 0 Å². The van der Waals surface area contributed by atoms with Gasteiger partial charge in [0, 0.05) is 5.56 Å². The first-order chi connectivity index (χ1) is 10.6. The van der Waals surface area contributed by atoms with Crippen LogP contribution in [0.5, 0.6) is 5.75 Å². The maximum absolute atomic E-state index is 12.4. The van der Waals surface area contributed by atoms with Crippen LogP contribution in [0.1, 0.15) is 10.4 Å². The molecule has 120 valence electrons. The number of nitrogens with two attached hydrogens (primary N) is 1. The summed E-state index contributed by atoms with van der Waals surface area (Å²) in [7, 11) is 1.58. The van der Waals surface area contributed by atoms with Gasteiger partial charge in [-0.05, 0) is 36.4 Å². The Kier molecular flexibility index (Phi) is 4.90. The topological polar surface area (TPSA) is 86.0 Å². The summed E-state index contributed by atoms with van der Waals surface area (Å²) in [6.45, 7) is 0.0654. The van der Waals surface area contributed by atoms with Crippen molar-refractivity contribution in [1.82, 2.24) is 9.24 Å². The van der Waals surface area contributed by atoms with Crippen LogP contribution in [-0.2, 0) is 6.54 Å². The van der Waals surface area contributed by atoms with Crippen LogP contribution in [0.4, 0.5) is 0 Å². The van der Waals surface area contributed by atoms with E-state index >= 15 is 0 Å². The molecule has 0 radical (unpaired) electrons. The van der Waals surface area contributed by atoms with Crippen molar-refractivity contribution in [2.24, 2.45) is 0 Å². The number of benzene rings is 2. The van der Waals surface area contributed by atoms with E-state index in [9.17, 15) is 4.79 Å². The first-order valence-corrected chi connectivity index (χ1v) is 6.79. The molecule has 23 heavy (non-hydrogen) atoms. The molecule has 3 aromatic rings. The Morgan fingerprint density at radius 2 is 1.74 bits per heavy atom. The Hall–Kier alpha value is -2.54. The molecule has 7 heteroatoms. The second kappa shape index (κ2) is 6.70. The fourth-order valence-electron chi connectivity index (χ4n) is 2.43. The zero-order chi connectivity index (χ0) is 15.7. The zero-order valence-corrected chi connectivity index (χ0v) is 14.2. The summed E-state index contributed by atoms with van der Waals surface area (Å²) in [4.78, 5) is 12.4. The highest BCUT2D eigenvalue weighted by Gasteiger charge is 2.13. The maximum Gasteiger partial charge on any atom is 0.222 e. The first kappa shape index (κ1) is 16.8. The molecule has 3 rings (SSSR count). The van der Waals surface area contributed by atoms with E-state index < -0.39 is 0 Å². The summed E-state index contributed by atoms with van der Waals surface area (Å²) in [6, 6.07) is 14.3. The highest BCUT2D eigenvalue weighted by Crippen LogP contribution is 2.14. The molecule has 0 fully saturated rings. The summed E-state index contributed by atoms with van der Waals surface area (Å²) in [5, 5.41) is 8.07. The van der Waals surface area contributed by atoms with Crippen LogP contribution in [0, 0.1) is 5.41 Å². The molecule has 0 aliphatic rings. The lowest BCUT2D eigenvalue weighted by molar-refractivity contribution is 0.0971. The van der Waals surface area contributed by atoms with E-state index in [0.29, 0.717) is 11.3 Å². The number of nitrogen functional groups attached to an aromatic ring is 1. The third-order valence-corrected chi connectivity index (χ3v) is 3.63. The number of carbonyl (C=O) groups excluding carboxylic acids is 1. The number of nitrogens with zero attached hydrogens (tertiary/aromatic N) is 2. The van der Waals surface area contributed by atoms with Gasteiger partial charge in [0.15, 0.2) is 5.78 Å². The maximum atomic E-state index is 12.4. The first-order valence-electron chi connectivity index (χ1n) is 6.79. The van der Waals surface area contributed by atoms with E-state index in [1.165, 1.54) is 4.68 Å². The number of Topliss-reactive ketones (excluding diaryl/α,β-unsaturated/α-hetero) is 1. The number of ketones is 1. The van der Waals surface area contributed by atoms with Gasteiger partial charge in [0.05, 0.1) is 24.7 Å². The van der Waals surface area contributed by atoms with Crippen molar-refractivity contribution in [2.45, 2.75) is 6.54 Å². The lowest BCUT2D eigenvalue weighted by Gasteiger charge is -2.05. The summed E-state index contributed by atoms with van der Waals surface area (Å²) in [6.07, 6.45) is 0. The molecule has 6 nitrogen and oxygen atoms in total. The molecule has 0 aliphatic carbocycles. The SMILES string of the molecule is Br.COc1ccc(C(=O)Cn2c(=N)n(N)c3ccccc32)cc1. The number of aromatic nitrogens is 2. The summed E-state index contributed by atoms with van der Waals surface area (Å²) < 4.78 is 7.95. The number of para-hydroxylation sites is 2. The van der Waals surface area contributed by atoms with Crippen molar-refractivity contribution in [3.8, 4) is 5.75 Å². The second-order valence-corrected chi connectivity index (χ2v) is 4.92. The van der Waals surface area contributed by atoms with E-state index in [-0.39, 0.29) is 34.9 Å². The minimum Gasteiger partial charge on any atom is -0.497 e. The van der Waals surface area contributed by atoms with Gasteiger partial charge in [-0.25, -0.2) is 4.68 Å². The van der Waals surface area contributed by atoms with Crippen molar-refractivity contribution in [3.63, 3.8) is 0 Å². The quantitative estimate of drug-likeness (QED) is 0.539. The minimum absolute atomic E-state index is 0. The highest BCUT2D eigenvalue weighted by molar-refractivity contribution is 8.93. The van der Waals surface area contributed by atoms with E-state index in [0.717, 1.165) is 11.0 Å². The Morgan fingerprint density at radius 1 is 1.13 bits per heavy atom. The molecular formula is C16H17BrN4O2. The van der Waals surface area contributed by atoms with Gasteiger partial charge in [0.25, 0.3) is 0 Å². The average Bonchev–Trinajstić information content (AvgIpc) is 2.80. The number of carbonyl (C=O) groups is 1. The molecule has 1 heterocycles. The van der Waals surface area contributed by atoms with E-state index in [4.69, 9.17) is 16.0 Å². The van der Waals surface area contributed by atoms with Gasteiger partial charge < -0.3 is 15.1 Å². The normalized spacial score (nSPS) is 10.3. The van der Waals surface area contributed by atoms with Crippen LogP contribution in [-0.4, -0.2) is 22.1 Å². The Morgan fingerprint density at radius 3 is 2.35 bits per heavy atom. The number of ether oxygens (including phenoxy) is 1. The van der Waals surface area contributed by atoms with Crippen molar-refractivity contribution in [2.75, 3.05) is 13.0 Å². The van der Waals surface area contributed by atoms with Crippen molar-refractivity contribution in [3.05, 3.63) is 59.7 Å². The lowest BCUT2D eigenvalue weighted by Crippen LogP contribution is -2.31. The van der Waals surface area contributed by atoms with Gasteiger partial charge in [-0.3, -0.25) is 10.2 Å². The van der Waals surface area contributed by atoms with Gasteiger partial charge in [-0.1, -0.05) is 12.1 Å². The number of halogens is 1. The van der Waals surface area contributed by atoms with Gasteiger partial charge in [-0.2, -0.15) is 0 Å². The fraction of sp³-hybridized carbons (Fsp3) is 0.125. The molecule has 1 aromatic heterocycles. The Labute approximate surface area is 143 Å². The summed E-state index contributed by atoms with van der Waals surface area (Å²) in [5.74, 6) is 6.48. The van der Waals surface area contributed by atoms with Crippen LogP contribution in [0.25, 0.3) is 11.0 Å². The molecular weight excluding hydrogens is 360 g/mol. The smallest absolute Gasteiger partial charge is 0.222 e. The average molecular weight is 377 g/mol. The van der Waals surface area contributed by atoms with Gasteiger partial charge >= 0.3 is 0 Å². The minimum atomic E-state index is -0.0856. The molecule has 2 aromatic carbocycles. The Balaban J connectivity index is 0.00000192. The molecule has 0 amide bonds. The molecule has 3 N–H and O–H groups in total. The molecule has 0 spiro atoms. The molecule has 0 aliphatic heterocycles. The monoisotopic (exact) mass is 376 g/mol. The third kappa shape index (κ3) is 3.00. The molecule has 0 saturated carbocycles. The predicted molar refractivity (Wildman–Crippen MR) is 93.6 cm³/mol. The fourth-order valence-corrected chi connectivity index (χ4v) is 2.43. The largest absolute Gasteiger partial charge is 0.497 e. The molecule has 0 atom stereocenters. The number of fused-ring (bicyclic) bond motifs is 1. The van der Waals surface area contributed by atoms with E-state index in [1.807, 2.05) is 24.3 Å². The van der Waals surface area contributed by atoms with Crippen LogP contribution in [0.3, 0.4) is 0 Å². The zero-order valence-electron chi connectivity index (χ0n) is 12.5. The van der Waals surface area contributed by atoms with Gasteiger partial charge in [-0.15, -0.1) is 17.0 Å². The van der Waals surface area contributed by atoms with Crippen LogP contribution in [0.15, 0.2) is 48.5 Å². The van der Waals surface area contributed by atoms with Crippen molar-refractivity contribution >= 4 is 33.8 Å². The van der Waals surface area contributed by atoms with Gasteiger partial charge in [0.1, 0.15) is 5.75 Å². The van der Waals surface area contributed by atoms with Gasteiger partial charge in [0.2, 0.25) is 5.62 Å². The standard InChI is InChI=1S/C16H16N4O2.BrH/c1-22-12-8-6-11(7-9-12)15(21)10-19-13-4-2-3-5-14(13)20(18)16(19)17;/h2-9,17H,10,18H2,1H3;1H. The number of rotatable bonds is 4. The number of imidazole rings is 1. The van der Waals surface area contributed by atoms with Crippen molar-refractivity contribution < 1.29 is 9.53 Å². The second-order valence-electron chi connectivity index (χ2n) is 4.92. The summed E-state index contributed by atoms with van der Waals surface area (Å²) in [5.41, 5.74) is 2.14. The molecule has 0 bridgehead atoms. The van der Waals surface area contributed by atoms with Crippen LogP contribution >= 0.6 is 17.0 Å². The highest BCUT2D eigenvalue weighted by atomic mass is 79.9. The number of hydrogen-bond donors (Lipinski definition) is 2. The van der Waals surface area contributed by atoms with Crippen LogP contribution < -0.4 is 16.2 Å². The number of nitrogens with one attached hydrogen (secondary N) is 1. The Bertz CT molecular complexity index is 897. The predicted octanol–water partition coefficient (Wildman–Crippen LogP) is 2.11.